The molecule has 1 saturated carbocycles. The van der Waals surface area contributed by atoms with E-state index in [0.717, 1.165) is 35.4 Å². The van der Waals surface area contributed by atoms with Gasteiger partial charge >= 0.3 is 0 Å². The maximum Gasteiger partial charge on any atom is 0.143 e. The fraction of sp³-hybridized carbons (Fsp3) is 0.474. The number of nitrogens with zero attached hydrogens (tertiary/aromatic N) is 2. The topological polar surface area (TPSA) is 73.8 Å². The lowest BCUT2D eigenvalue weighted by Crippen LogP contribution is -2.19. The summed E-state index contributed by atoms with van der Waals surface area (Å²) in [6.45, 7) is 0. The second-order valence-corrected chi connectivity index (χ2v) is 6.80. The van der Waals surface area contributed by atoms with Crippen molar-refractivity contribution < 1.29 is 5.11 Å². The van der Waals surface area contributed by atoms with Gasteiger partial charge in [0.1, 0.15) is 23.6 Å². The van der Waals surface area contributed by atoms with Gasteiger partial charge in [0.05, 0.1) is 5.39 Å². The third-order valence-corrected chi connectivity index (χ3v) is 5.09. The number of aromatic amines is 1. The summed E-state index contributed by atoms with van der Waals surface area (Å²) in [6, 6.07) is 0.504. The molecule has 2 heterocycles. The number of rotatable bonds is 2. The van der Waals surface area contributed by atoms with Crippen LogP contribution in [0.2, 0.25) is 0 Å². The highest BCUT2D eigenvalue weighted by Crippen LogP contribution is 2.31. The number of hydrogen-bond donors (Lipinski definition) is 3. The summed E-state index contributed by atoms with van der Waals surface area (Å²) in [5.41, 5.74) is 3.13. The van der Waals surface area contributed by atoms with E-state index in [9.17, 15) is 5.11 Å². The summed E-state index contributed by atoms with van der Waals surface area (Å²) in [5, 5.41) is 14.5. The number of aliphatic hydroxyl groups excluding tert-OH is 1. The van der Waals surface area contributed by atoms with Gasteiger partial charge in [0.15, 0.2) is 0 Å². The van der Waals surface area contributed by atoms with Crippen molar-refractivity contribution in [2.24, 2.45) is 0 Å². The lowest BCUT2D eigenvalue weighted by atomic mass is 10.0. The Labute approximate surface area is 141 Å². The van der Waals surface area contributed by atoms with Gasteiger partial charge in [-0.25, -0.2) is 9.97 Å². The molecule has 5 nitrogen and oxygen atoms in total. The maximum absolute atomic E-state index is 9.73. The molecular weight excluding hydrogens is 300 g/mol. The van der Waals surface area contributed by atoms with Crippen LogP contribution in [0.5, 0.6) is 0 Å². The zero-order chi connectivity index (χ0) is 16.4. The molecule has 0 atom stereocenters. The summed E-state index contributed by atoms with van der Waals surface area (Å²) in [4.78, 5) is 12.3. The van der Waals surface area contributed by atoms with Crippen LogP contribution in [0.3, 0.4) is 0 Å². The first-order chi connectivity index (χ1) is 11.8. The van der Waals surface area contributed by atoms with Gasteiger partial charge in [-0.05, 0) is 49.5 Å². The second kappa shape index (κ2) is 6.67. The second-order valence-electron chi connectivity index (χ2n) is 6.80. The van der Waals surface area contributed by atoms with Crippen LogP contribution in [0.15, 0.2) is 24.2 Å². The fourth-order valence-corrected chi connectivity index (χ4v) is 3.83. The molecule has 24 heavy (non-hydrogen) atoms. The highest BCUT2D eigenvalue weighted by atomic mass is 16.3. The van der Waals surface area contributed by atoms with E-state index in [1.165, 1.54) is 44.1 Å². The van der Waals surface area contributed by atoms with E-state index >= 15 is 0 Å². The molecule has 5 heteroatoms. The van der Waals surface area contributed by atoms with E-state index in [4.69, 9.17) is 0 Å². The van der Waals surface area contributed by atoms with Crippen LogP contribution < -0.4 is 5.32 Å². The zero-order valence-electron chi connectivity index (χ0n) is 13.9. The summed E-state index contributed by atoms with van der Waals surface area (Å²) < 4.78 is 0. The Morgan fingerprint density at radius 1 is 1.08 bits per heavy atom. The number of anilines is 1. The summed E-state index contributed by atoms with van der Waals surface area (Å²) in [5.74, 6) is 1.27. The van der Waals surface area contributed by atoms with Crippen LogP contribution in [0.25, 0.3) is 17.1 Å². The molecule has 2 aromatic heterocycles. The predicted molar refractivity (Wildman–Crippen MR) is 97.1 cm³/mol. The van der Waals surface area contributed by atoms with E-state index in [1.54, 1.807) is 12.4 Å². The van der Waals surface area contributed by atoms with Gasteiger partial charge in [0.25, 0.3) is 0 Å². The minimum atomic E-state index is 0.321. The lowest BCUT2D eigenvalue weighted by Gasteiger charge is -2.17. The average molecular weight is 324 g/mol. The van der Waals surface area contributed by atoms with Crippen LogP contribution in [0.4, 0.5) is 5.82 Å². The maximum atomic E-state index is 9.73. The minimum absolute atomic E-state index is 0.321. The molecule has 1 fully saturated rings. The van der Waals surface area contributed by atoms with Crippen molar-refractivity contribution in [1.29, 1.82) is 0 Å². The highest BCUT2D eigenvalue weighted by Gasteiger charge is 2.19. The molecule has 2 aliphatic rings. The van der Waals surface area contributed by atoms with E-state index in [2.05, 4.69) is 20.3 Å². The van der Waals surface area contributed by atoms with Crippen LogP contribution in [-0.2, 0) is 6.42 Å². The minimum Gasteiger partial charge on any atom is -0.508 e. The van der Waals surface area contributed by atoms with E-state index < -0.39 is 0 Å². The largest absolute Gasteiger partial charge is 0.508 e. The Bertz CT molecular complexity index is 782. The molecule has 0 unspecified atom stereocenters. The molecule has 2 aromatic rings. The Hall–Kier alpha value is -2.30. The first-order valence-electron chi connectivity index (χ1n) is 9.00. The molecule has 0 aromatic carbocycles. The zero-order valence-corrected chi connectivity index (χ0v) is 13.9. The molecule has 0 saturated heterocycles. The average Bonchev–Trinajstić information content (AvgIpc) is 2.74. The van der Waals surface area contributed by atoms with Crippen molar-refractivity contribution in [3.8, 4) is 0 Å². The number of nitrogens with one attached hydrogen (secondary N) is 2. The van der Waals surface area contributed by atoms with Crippen molar-refractivity contribution in [3.63, 3.8) is 0 Å². The van der Waals surface area contributed by atoms with Gasteiger partial charge in [-0.1, -0.05) is 25.7 Å². The van der Waals surface area contributed by atoms with Crippen LogP contribution >= 0.6 is 0 Å². The Morgan fingerprint density at radius 3 is 2.75 bits per heavy atom. The third-order valence-electron chi connectivity index (χ3n) is 5.09. The number of hydrogen-bond acceptors (Lipinski definition) is 4. The van der Waals surface area contributed by atoms with Crippen molar-refractivity contribution in [2.75, 3.05) is 5.32 Å². The number of fused-ring (bicyclic) bond motifs is 3. The molecule has 4 rings (SSSR count). The molecule has 3 N–H and O–H groups in total. The number of aromatic nitrogens is 3. The van der Waals surface area contributed by atoms with Crippen LogP contribution in [0, 0.1) is 0 Å². The van der Waals surface area contributed by atoms with Gasteiger partial charge in [-0.3, -0.25) is 0 Å². The monoisotopic (exact) mass is 324 g/mol. The van der Waals surface area contributed by atoms with Crippen LogP contribution in [-0.4, -0.2) is 26.1 Å². The summed E-state index contributed by atoms with van der Waals surface area (Å²) in [7, 11) is 0. The standard InChI is InChI=1S/C19H24N4O/c24-14-8-5-9-15-16(11-10-14)23-19-17(15)18(20-12-21-19)22-13-6-3-1-2-4-7-13/h8,10-13,24H,1-7,9H2,(H2,20,21,22,23)/b11-10-,14-8+. The number of allylic oxidation sites excluding steroid dienone is 2. The van der Waals surface area contributed by atoms with Crippen molar-refractivity contribution >= 4 is 22.9 Å². The SMILES string of the molecule is OC1=C/CCc2c([nH]c3ncnc(NC4CCCCCC4)c23)/C=C\1. The van der Waals surface area contributed by atoms with Crippen molar-refractivity contribution in [1.82, 2.24) is 15.0 Å². The molecule has 0 amide bonds. The molecule has 126 valence electrons. The smallest absolute Gasteiger partial charge is 0.143 e. The van der Waals surface area contributed by atoms with Gasteiger partial charge in [-0.2, -0.15) is 0 Å². The van der Waals surface area contributed by atoms with Gasteiger partial charge in [0, 0.05) is 11.7 Å². The summed E-state index contributed by atoms with van der Waals surface area (Å²) in [6.07, 6.45) is 16.6. The first-order valence-corrected chi connectivity index (χ1v) is 9.00. The Morgan fingerprint density at radius 2 is 1.92 bits per heavy atom. The normalized spacial score (nSPS) is 22.8. The molecule has 2 aliphatic carbocycles. The molecule has 0 bridgehead atoms. The quantitative estimate of drug-likeness (QED) is 0.711. The van der Waals surface area contributed by atoms with E-state index in [-0.39, 0.29) is 0 Å². The predicted octanol–water partition coefficient (Wildman–Crippen LogP) is 4.49. The number of aryl methyl sites for hydroxylation is 1. The third kappa shape index (κ3) is 3.03. The van der Waals surface area contributed by atoms with Gasteiger partial charge in [-0.15, -0.1) is 0 Å². The fourth-order valence-electron chi connectivity index (χ4n) is 3.83. The molecular formula is C19H24N4O. The van der Waals surface area contributed by atoms with E-state index in [0.29, 0.717) is 11.8 Å². The van der Waals surface area contributed by atoms with Crippen molar-refractivity contribution in [2.45, 2.75) is 57.4 Å². The van der Waals surface area contributed by atoms with Gasteiger partial charge < -0.3 is 15.4 Å². The van der Waals surface area contributed by atoms with Crippen molar-refractivity contribution in [3.05, 3.63) is 35.5 Å². The van der Waals surface area contributed by atoms with Gasteiger partial charge in [0.2, 0.25) is 0 Å². The Kier molecular flexibility index (Phi) is 4.24. The first kappa shape index (κ1) is 15.2. The van der Waals surface area contributed by atoms with E-state index in [1.807, 2.05) is 12.2 Å². The number of aliphatic hydroxyl groups is 1. The molecule has 0 aliphatic heterocycles. The highest BCUT2D eigenvalue weighted by molar-refractivity contribution is 5.93. The van der Waals surface area contributed by atoms with Crippen LogP contribution in [0.1, 0.15) is 56.2 Å². The molecule has 0 radical (unpaired) electrons. The Balaban J connectivity index is 1.71. The summed E-state index contributed by atoms with van der Waals surface area (Å²) >= 11 is 0. The number of H-pyrrole nitrogens is 1. The molecule has 0 spiro atoms. The lowest BCUT2D eigenvalue weighted by molar-refractivity contribution is 0.430.